The van der Waals surface area contributed by atoms with Gasteiger partial charge in [0.15, 0.2) is 15.9 Å². The molecule has 1 amide bonds. The van der Waals surface area contributed by atoms with Crippen LogP contribution in [0.5, 0.6) is 5.75 Å². The highest BCUT2D eigenvalue weighted by Gasteiger charge is 2.19. The number of nitrogens with one attached hydrogen (secondary N) is 1. The Labute approximate surface area is 136 Å². The molecule has 0 bridgehead atoms. The second kappa shape index (κ2) is 6.83. The molecule has 0 heterocycles. The fourth-order valence-electron chi connectivity index (χ4n) is 2.00. The maximum Gasteiger partial charge on any atom is 0.265 e. The number of carbonyl (C=O) groups is 1. The van der Waals surface area contributed by atoms with E-state index >= 15 is 0 Å². The van der Waals surface area contributed by atoms with Crippen molar-refractivity contribution in [3.63, 3.8) is 0 Å². The van der Waals surface area contributed by atoms with Crippen LogP contribution in [0.3, 0.4) is 0 Å². The zero-order valence-electron chi connectivity index (χ0n) is 13.2. The number of benzene rings is 2. The molecule has 6 heteroatoms. The Kier molecular flexibility index (Phi) is 5.05. The van der Waals surface area contributed by atoms with Gasteiger partial charge in [0.1, 0.15) is 5.75 Å². The van der Waals surface area contributed by atoms with Gasteiger partial charge in [-0.1, -0.05) is 29.8 Å². The standard InChI is InChI=1S/C17H19NO4S/c1-12-8-10-14(11-9-12)22-13(2)17(19)18-15-6-4-5-7-16(15)23(3,20)21/h4-11,13H,1-3H3,(H,18,19)/t13-/m1/s1. The molecule has 0 radical (unpaired) electrons. The normalized spacial score (nSPS) is 12.5. The van der Waals surface area contributed by atoms with Crippen LogP contribution in [0.25, 0.3) is 0 Å². The fourth-order valence-corrected chi connectivity index (χ4v) is 2.85. The summed E-state index contributed by atoms with van der Waals surface area (Å²) in [5.74, 6) is 0.163. The first-order valence-electron chi connectivity index (χ1n) is 7.10. The van der Waals surface area contributed by atoms with E-state index in [4.69, 9.17) is 4.74 Å². The Hall–Kier alpha value is -2.34. The van der Waals surface area contributed by atoms with Gasteiger partial charge in [0.2, 0.25) is 0 Å². The van der Waals surface area contributed by atoms with E-state index in [-0.39, 0.29) is 10.6 Å². The summed E-state index contributed by atoms with van der Waals surface area (Å²) in [5.41, 5.74) is 1.34. The maximum atomic E-state index is 12.2. The Bertz CT molecular complexity index is 798. The number of para-hydroxylation sites is 1. The molecule has 0 unspecified atom stereocenters. The molecule has 1 N–H and O–H groups in total. The predicted molar refractivity (Wildman–Crippen MR) is 89.5 cm³/mol. The number of rotatable bonds is 5. The van der Waals surface area contributed by atoms with Crippen LogP contribution in [-0.4, -0.2) is 26.7 Å². The number of sulfone groups is 1. The smallest absolute Gasteiger partial charge is 0.265 e. The van der Waals surface area contributed by atoms with Crippen LogP contribution < -0.4 is 10.1 Å². The van der Waals surface area contributed by atoms with Crippen molar-refractivity contribution in [2.24, 2.45) is 0 Å². The summed E-state index contributed by atoms with van der Waals surface area (Å²) in [6, 6.07) is 13.6. The molecule has 2 aromatic carbocycles. The molecule has 0 saturated carbocycles. The van der Waals surface area contributed by atoms with Crippen LogP contribution >= 0.6 is 0 Å². The first-order chi connectivity index (χ1) is 10.8. The highest BCUT2D eigenvalue weighted by Crippen LogP contribution is 2.21. The number of anilines is 1. The molecule has 0 saturated heterocycles. The summed E-state index contributed by atoms with van der Waals surface area (Å²) in [6.45, 7) is 3.57. The number of hydrogen-bond acceptors (Lipinski definition) is 4. The minimum atomic E-state index is -3.42. The number of ether oxygens (including phenoxy) is 1. The maximum absolute atomic E-state index is 12.2. The number of aryl methyl sites for hydroxylation is 1. The third-order valence-electron chi connectivity index (χ3n) is 3.25. The SMILES string of the molecule is Cc1ccc(O[C@H](C)C(=O)Nc2ccccc2S(C)(=O)=O)cc1. The van der Waals surface area contributed by atoms with Crippen LogP contribution in [0.1, 0.15) is 12.5 Å². The summed E-state index contributed by atoms with van der Waals surface area (Å²) < 4.78 is 29.1. The summed E-state index contributed by atoms with van der Waals surface area (Å²) in [6.07, 6.45) is 0.342. The molecule has 0 spiro atoms. The van der Waals surface area contributed by atoms with E-state index in [1.165, 1.54) is 6.07 Å². The van der Waals surface area contributed by atoms with Gasteiger partial charge >= 0.3 is 0 Å². The van der Waals surface area contributed by atoms with Crippen LogP contribution in [0.4, 0.5) is 5.69 Å². The van der Waals surface area contributed by atoms with E-state index in [1.807, 2.05) is 19.1 Å². The highest BCUT2D eigenvalue weighted by molar-refractivity contribution is 7.90. The molecule has 1 atom stereocenters. The quantitative estimate of drug-likeness (QED) is 0.913. The van der Waals surface area contributed by atoms with E-state index < -0.39 is 21.8 Å². The molecule has 2 aromatic rings. The molecular formula is C17H19NO4S. The van der Waals surface area contributed by atoms with Crippen molar-refractivity contribution < 1.29 is 17.9 Å². The second-order valence-electron chi connectivity index (χ2n) is 5.33. The molecule has 5 nitrogen and oxygen atoms in total. The fraction of sp³-hybridized carbons (Fsp3) is 0.235. The van der Waals surface area contributed by atoms with Gasteiger partial charge in [-0.25, -0.2) is 8.42 Å². The molecule has 0 aromatic heterocycles. The van der Waals surface area contributed by atoms with Gasteiger partial charge in [-0.05, 0) is 38.1 Å². The lowest BCUT2D eigenvalue weighted by atomic mass is 10.2. The Balaban J connectivity index is 2.11. The van der Waals surface area contributed by atoms with Crippen molar-refractivity contribution in [2.45, 2.75) is 24.8 Å². The number of amides is 1. The lowest BCUT2D eigenvalue weighted by molar-refractivity contribution is -0.122. The average molecular weight is 333 g/mol. The second-order valence-corrected chi connectivity index (χ2v) is 7.31. The molecule has 2 rings (SSSR count). The molecule has 122 valence electrons. The minimum Gasteiger partial charge on any atom is -0.481 e. The van der Waals surface area contributed by atoms with Gasteiger partial charge in [-0.3, -0.25) is 4.79 Å². The molecule has 23 heavy (non-hydrogen) atoms. The monoisotopic (exact) mass is 333 g/mol. The van der Waals surface area contributed by atoms with Crippen LogP contribution in [0, 0.1) is 6.92 Å². The lowest BCUT2D eigenvalue weighted by Crippen LogP contribution is -2.30. The zero-order chi connectivity index (χ0) is 17.0. The van der Waals surface area contributed by atoms with Crippen LogP contribution in [-0.2, 0) is 14.6 Å². The van der Waals surface area contributed by atoms with Gasteiger partial charge in [0.25, 0.3) is 5.91 Å². The first-order valence-corrected chi connectivity index (χ1v) is 9.00. The summed E-state index contributed by atoms with van der Waals surface area (Å²) in [4.78, 5) is 12.3. The minimum absolute atomic E-state index is 0.0795. The topological polar surface area (TPSA) is 72.5 Å². The lowest BCUT2D eigenvalue weighted by Gasteiger charge is -2.16. The van der Waals surface area contributed by atoms with Gasteiger partial charge < -0.3 is 10.1 Å². The molecule has 0 aliphatic rings. The molecular weight excluding hydrogens is 314 g/mol. The Morgan fingerprint density at radius 1 is 1.09 bits per heavy atom. The van der Waals surface area contributed by atoms with Gasteiger partial charge in [0, 0.05) is 6.26 Å². The molecule has 0 fully saturated rings. The van der Waals surface area contributed by atoms with Crippen molar-refractivity contribution in [3.8, 4) is 5.75 Å². The van der Waals surface area contributed by atoms with Crippen molar-refractivity contribution >= 4 is 21.4 Å². The van der Waals surface area contributed by atoms with Crippen molar-refractivity contribution in [1.29, 1.82) is 0 Å². The highest BCUT2D eigenvalue weighted by atomic mass is 32.2. The largest absolute Gasteiger partial charge is 0.481 e. The number of hydrogen-bond donors (Lipinski definition) is 1. The van der Waals surface area contributed by atoms with Crippen molar-refractivity contribution in [1.82, 2.24) is 0 Å². The van der Waals surface area contributed by atoms with Gasteiger partial charge in [-0.15, -0.1) is 0 Å². The Morgan fingerprint density at radius 2 is 1.70 bits per heavy atom. The van der Waals surface area contributed by atoms with E-state index in [9.17, 15) is 13.2 Å². The van der Waals surface area contributed by atoms with E-state index in [0.29, 0.717) is 5.75 Å². The number of carbonyl (C=O) groups excluding carboxylic acids is 1. The average Bonchev–Trinajstić information content (AvgIpc) is 2.49. The third-order valence-corrected chi connectivity index (χ3v) is 4.40. The summed E-state index contributed by atoms with van der Waals surface area (Å²) >= 11 is 0. The van der Waals surface area contributed by atoms with E-state index in [2.05, 4.69) is 5.32 Å². The first kappa shape index (κ1) is 17.0. The summed E-state index contributed by atoms with van der Waals surface area (Å²) in [7, 11) is -3.42. The summed E-state index contributed by atoms with van der Waals surface area (Å²) in [5, 5.41) is 2.61. The zero-order valence-corrected chi connectivity index (χ0v) is 14.1. The van der Waals surface area contributed by atoms with Crippen molar-refractivity contribution in [3.05, 3.63) is 54.1 Å². The van der Waals surface area contributed by atoms with E-state index in [1.54, 1.807) is 37.3 Å². The molecule has 0 aliphatic heterocycles. The Morgan fingerprint density at radius 3 is 2.30 bits per heavy atom. The van der Waals surface area contributed by atoms with Crippen molar-refractivity contribution in [2.75, 3.05) is 11.6 Å². The van der Waals surface area contributed by atoms with Crippen LogP contribution in [0.15, 0.2) is 53.4 Å². The van der Waals surface area contributed by atoms with Crippen LogP contribution in [0.2, 0.25) is 0 Å². The molecule has 0 aliphatic carbocycles. The van der Waals surface area contributed by atoms with Gasteiger partial charge in [0.05, 0.1) is 10.6 Å². The van der Waals surface area contributed by atoms with Gasteiger partial charge in [-0.2, -0.15) is 0 Å². The van der Waals surface area contributed by atoms with E-state index in [0.717, 1.165) is 11.8 Å². The predicted octanol–water partition coefficient (Wildman–Crippen LogP) is 2.80. The third kappa shape index (κ3) is 4.56.